The first kappa shape index (κ1) is 15.6. The first-order chi connectivity index (χ1) is 11.3. The monoisotopic (exact) mass is 323 g/mol. The topological polar surface area (TPSA) is 39.8 Å². The molecule has 3 rings (SSSR count). The zero-order chi connectivity index (χ0) is 16.1. The number of nitrogens with one attached hydrogen (secondary N) is 3. The van der Waals surface area contributed by atoms with Gasteiger partial charge in [-0.15, -0.1) is 0 Å². The highest BCUT2D eigenvalue weighted by Gasteiger charge is 2.04. The third-order valence-corrected chi connectivity index (χ3v) is 4.25. The Kier molecular flexibility index (Phi) is 4.93. The molecule has 1 aromatic heterocycles. The molecule has 118 valence electrons. The van der Waals surface area contributed by atoms with Crippen LogP contribution in [0.1, 0.15) is 18.1 Å². The summed E-state index contributed by atoms with van der Waals surface area (Å²) in [5, 5.41) is 8.54. The van der Waals surface area contributed by atoms with Crippen LogP contribution in [0.25, 0.3) is 10.9 Å². The first-order valence-electron chi connectivity index (χ1n) is 7.95. The molecule has 2 aromatic carbocycles. The summed E-state index contributed by atoms with van der Waals surface area (Å²) in [5.41, 5.74) is 4.85. The van der Waals surface area contributed by atoms with E-state index < -0.39 is 0 Å². The molecule has 0 saturated carbocycles. The van der Waals surface area contributed by atoms with Gasteiger partial charge in [-0.2, -0.15) is 0 Å². The fourth-order valence-electron chi connectivity index (χ4n) is 2.77. The predicted octanol–water partition coefficient (Wildman–Crippen LogP) is 4.26. The van der Waals surface area contributed by atoms with Crippen LogP contribution < -0.4 is 10.6 Å². The number of rotatable bonds is 5. The van der Waals surface area contributed by atoms with E-state index in [-0.39, 0.29) is 0 Å². The molecule has 0 radical (unpaired) electrons. The van der Waals surface area contributed by atoms with Crippen LogP contribution in [0, 0.1) is 0 Å². The number of aryl methyl sites for hydroxylation is 1. The van der Waals surface area contributed by atoms with Gasteiger partial charge < -0.3 is 15.6 Å². The lowest BCUT2D eigenvalue weighted by molar-refractivity contribution is 0.878. The smallest absolute Gasteiger partial charge is 0.170 e. The highest BCUT2D eigenvalue weighted by Crippen LogP contribution is 2.18. The lowest BCUT2D eigenvalue weighted by Crippen LogP contribution is -2.30. The summed E-state index contributed by atoms with van der Waals surface area (Å²) < 4.78 is 0. The van der Waals surface area contributed by atoms with Gasteiger partial charge in [0.25, 0.3) is 0 Å². The quantitative estimate of drug-likeness (QED) is 0.614. The number of hydrogen-bond acceptors (Lipinski definition) is 1. The minimum absolute atomic E-state index is 0.672. The van der Waals surface area contributed by atoms with Crippen LogP contribution in [0.15, 0.2) is 54.7 Å². The summed E-state index contributed by atoms with van der Waals surface area (Å²) in [5.74, 6) is 0. The number of H-pyrrole nitrogens is 1. The second-order valence-electron chi connectivity index (χ2n) is 5.50. The molecule has 0 unspecified atom stereocenters. The zero-order valence-electron chi connectivity index (χ0n) is 13.2. The van der Waals surface area contributed by atoms with Gasteiger partial charge >= 0.3 is 0 Å². The Morgan fingerprint density at radius 3 is 2.70 bits per heavy atom. The van der Waals surface area contributed by atoms with Gasteiger partial charge in [0.1, 0.15) is 0 Å². The second-order valence-corrected chi connectivity index (χ2v) is 5.91. The molecule has 1 heterocycles. The zero-order valence-corrected chi connectivity index (χ0v) is 14.0. The normalized spacial score (nSPS) is 10.7. The molecule has 0 spiro atoms. The Hall–Kier alpha value is -2.33. The van der Waals surface area contributed by atoms with E-state index in [2.05, 4.69) is 65.1 Å². The molecule has 0 saturated heterocycles. The first-order valence-corrected chi connectivity index (χ1v) is 8.36. The van der Waals surface area contributed by atoms with Crippen LogP contribution in [0.3, 0.4) is 0 Å². The molecule has 4 heteroatoms. The fourth-order valence-corrected chi connectivity index (χ4v) is 2.98. The molecular weight excluding hydrogens is 302 g/mol. The van der Waals surface area contributed by atoms with Crippen molar-refractivity contribution in [1.82, 2.24) is 10.3 Å². The van der Waals surface area contributed by atoms with Gasteiger partial charge in [-0.05, 0) is 48.3 Å². The molecule has 0 aliphatic heterocycles. The Balaban J connectivity index is 1.55. The SMILES string of the molecule is CCc1ccccc1NC(=S)NCCc1c[nH]c2ccccc12. The third kappa shape index (κ3) is 3.71. The fraction of sp³-hybridized carbons (Fsp3) is 0.211. The van der Waals surface area contributed by atoms with Crippen molar-refractivity contribution in [1.29, 1.82) is 0 Å². The number of aromatic nitrogens is 1. The van der Waals surface area contributed by atoms with E-state index in [1.165, 1.54) is 22.0 Å². The number of thiocarbonyl (C=S) groups is 1. The van der Waals surface area contributed by atoms with Gasteiger partial charge in [-0.25, -0.2) is 0 Å². The average molecular weight is 323 g/mol. The molecule has 23 heavy (non-hydrogen) atoms. The number of para-hydroxylation sites is 2. The summed E-state index contributed by atoms with van der Waals surface area (Å²) >= 11 is 5.40. The van der Waals surface area contributed by atoms with Crippen molar-refractivity contribution in [2.24, 2.45) is 0 Å². The lowest BCUT2D eigenvalue weighted by atomic mass is 10.1. The van der Waals surface area contributed by atoms with Gasteiger partial charge in [-0.3, -0.25) is 0 Å². The van der Waals surface area contributed by atoms with Gasteiger partial charge in [0.05, 0.1) is 0 Å². The number of aromatic amines is 1. The summed E-state index contributed by atoms with van der Waals surface area (Å²) in [4.78, 5) is 3.30. The van der Waals surface area contributed by atoms with Crippen molar-refractivity contribution in [3.63, 3.8) is 0 Å². The van der Waals surface area contributed by atoms with E-state index >= 15 is 0 Å². The van der Waals surface area contributed by atoms with Crippen LogP contribution in [0.4, 0.5) is 5.69 Å². The molecule has 3 N–H and O–H groups in total. The van der Waals surface area contributed by atoms with Crippen LogP contribution in [-0.4, -0.2) is 16.6 Å². The number of anilines is 1. The van der Waals surface area contributed by atoms with Crippen molar-refractivity contribution >= 4 is 33.9 Å². The highest BCUT2D eigenvalue weighted by atomic mass is 32.1. The molecule has 0 bridgehead atoms. The Labute approximate surface area is 142 Å². The van der Waals surface area contributed by atoms with Crippen LogP contribution in [0.2, 0.25) is 0 Å². The second kappa shape index (κ2) is 7.29. The van der Waals surface area contributed by atoms with Gasteiger partial charge in [0.15, 0.2) is 5.11 Å². The molecular formula is C19H21N3S. The Morgan fingerprint density at radius 1 is 1.04 bits per heavy atom. The van der Waals surface area contributed by atoms with E-state index in [0.717, 1.165) is 25.1 Å². The lowest BCUT2D eigenvalue weighted by Gasteiger charge is -2.13. The summed E-state index contributed by atoms with van der Waals surface area (Å²) in [6.45, 7) is 2.95. The van der Waals surface area contributed by atoms with Crippen molar-refractivity contribution in [3.8, 4) is 0 Å². The molecule has 0 fully saturated rings. The van der Waals surface area contributed by atoms with Crippen molar-refractivity contribution in [2.75, 3.05) is 11.9 Å². The Morgan fingerprint density at radius 2 is 1.83 bits per heavy atom. The van der Waals surface area contributed by atoms with Crippen molar-refractivity contribution in [2.45, 2.75) is 19.8 Å². The van der Waals surface area contributed by atoms with Crippen LogP contribution in [0.5, 0.6) is 0 Å². The Bertz CT molecular complexity index is 807. The summed E-state index contributed by atoms with van der Waals surface area (Å²) in [6.07, 6.45) is 4.00. The highest BCUT2D eigenvalue weighted by molar-refractivity contribution is 7.80. The van der Waals surface area contributed by atoms with E-state index in [9.17, 15) is 0 Å². The minimum atomic E-state index is 0.672. The number of benzene rings is 2. The number of fused-ring (bicyclic) bond motifs is 1. The molecule has 0 amide bonds. The van der Waals surface area contributed by atoms with Gasteiger partial charge in [0.2, 0.25) is 0 Å². The van der Waals surface area contributed by atoms with Crippen LogP contribution in [-0.2, 0) is 12.8 Å². The number of hydrogen-bond donors (Lipinski definition) is 3. The maximum atomic E-state index is 5.40. The molecule has 3 aromatic rings. The molecule has 0 atom stereocenters. The standard InChI is InChI=1S/C19H21N3S/c1-2-14-7-3-5-9-17(14)22-19(23)20-12-11-15-13-21-18-10-6-4-8-16(15)18/h3-10,13,21H,2,11-12H2,1H3,(H2,20,22,23). The van der Waals surface area contributed by atoms with E-state index in [4.69, 9.17) is 12.2 Å². The summed E-state index contributed by atoms with van der Waals surface area (Å²) in [6, 6.07) is 16.6. The molecule has 3 nitrogen and oxygen atoms in total. The molecule has 0 aliphatic rings. The maximum absolute atomic E-state index is 5.40. The predicted molar refractivity (Wildman–Crippen MR) is 102 cm³/mol. The minimum Gasteiger partial charge on any atom is -0.362 e. The summed E-state index contributed by atoms with van der Waals surface area (Å²) in [7, 11) is 0. The van der Waals surface area contributed by atoms with Gasteiger partial charge in [0, 0.05) is 29.3 Å². The third-order valence-electron chi connectivity index (χ3n) is 4.00. The van der Waals surface area contributed by atoms with E-state index in [1.54, 1.807) is 0 Å². The van der Waals surface area contributed by atoms with E-state index in [0.29, 0.717) is 5.11 Å². The van der Waals surface area contributed by atoms with E-state index in [1.807, 2.05) is 12.1 Å². The largest absolute Gasteiger partial charge is 0.362 e. The molecule has 0 aliphatic carbocycles. The maximum Gasteiger partial charge on any atom is 0.170 e. The van der Waals surface area contributed by atoms with Gasteiger partial charge in [-0.1, -0.05) is 43.3 Å². The van der Waals surface area contributed by atoms with Crippen LogP contribution >= 0.6 is 12.2 Å². The average Bonchev–Trinajstić information content (AvgIpc) is 2.99. The van der Waals surface area contributed by atoms with Crippen molar-refractivity contribution < 1.29 is 0 Å². The van der Waals surface area contributed by atoms with Crippen molar-refractivity contribution in [3.05, 3.63) is 65.9 Å².